The molecule has 1 aromatic rings. The average molecular weight is 353 g/mol. The third-order valence-electron chi connectivity index (χ3n) is 3.09. The van der Waals surface area contributed by atoms with Crippen molar-refractivity contribution < 1.29 is 18.3 Å². The third kappa shape index (κ3) is 5.16. The topological polar surface area (TPSA) is 71.4 Å². The van der Waals surface area contributed by atoms with Gasteiger partial charge in [-0.15, -0.1) is 0 Å². The summed E-state index contributed by atoms with van der Waals surface area (Å²) in [6, 6.07) is 2.35. The predicted molar refractivity (Wildman–Crippen MR) is 84.2 cm³/mol. The van der Waals surface area contributed by atoms with Crippen molar-refractivity contribution in [3.8, 4) is 0 Å². The maximum absolute atomic E-state index is 12.3. The number of carboxylic acids is 1. The maximum Gasteiger partial charge on any atom is 0.337 e. The molecule has 0 fully saturated rings. The Morgan fingerprint density at radius 1 is 1.14 bits per heavy atom. The van der Waals surface area contributed by atoms with E-state index in [9.17, 15) is 13.2 Å². The second-order valence-corrected chi connectivity index (χ2v) is 7.70. The minimum absolute atomic E-state index is 0.0429. The summed E-state index contributed by atoms with van der Waals surface area (Å²) in [7, 11) is -3.64. The molecule has 7 heteroatoms. The highest BCUT2D eigenvalue weighted by Gasteiger charge is 2.23. The molecule has 0 bridgehead atoms. The summed E-state index contributed by atoms with van der Waals surface area (Å²) in [6.07, 6.45) is 4.47. The third-order valence-corrected chi connectivity index (χ3v) is 5.64. The van der Waals surface area contributed by atoms with Crippen LogP contribution in [0.4, 0.5) is 0 Å². The number of rotatable bonds is 8. The lowest BCUT2D eigenvalue weighted by Gasteiger charge is -2.09. The second-order valence-electron chi connectivity index (χ2n) is 4.80. The Kier molecular flexibility index (Phi) is 6.97. The normalized spacial score (nSPS) is 11.6. The fourth-order valence-electron chi connectivity index (χ4n) is 1.95. The molecule has 0 aliphatic carbocycles. The zero-order valence-electron chi connectivity index (χ0n) is 11.7. The van der Waals surface area contributed by atoms with Crippen LogP contribution >= 0.6 is 23.2 Å². The van der Waals surface area contributed by atoms with Crippen LogP contribution < -0.4 is 0 Å². The summed E-state index contributed by atoms with van der Waals surface area (Å²) < 4.78 is 24.6. The van der Waals surface area contributed by atoms with Crippen molar-refractivity contribution in [2.75, 3.05) is 5.75 Å². The molecule has 0 heterocycles. The van der Waals surface area contributed by atoms with E-state index in [0.717, 1.165) is 31.7 Å². The van der Waals surface area contributed by atoms with Crippen LogP contribution in [-0.4, -0.2) is 25.2 Å². The largest absolute Gasteiger partial charge is 0.478 e. The highest BCUT2D eigenvalue weighted by Crippen LogP contribution is 2.30. The van der Waals surface area contributed by atoms with E-state index in [2.05, 4.69) is 6.92 Å². The van der Waals surface area contributed by atoms with Crippen molar-refractivity contribution in [2.45, 2.75) is 43.9 Å². The van der Waals surface area contributed by atoms with Gasteiger partial charge in [-0.05, 0) is 18.6 Å². The zero-order chi connectivity index (χ0) is 16.0. The lowest BCUT2D eigenvalue weighted by molar-refractivity contribution is 0.0697. The molecule has 1 rings (SSSR count). The number of hydrogen-bond acceptors (Lipinski definition) is 3. The zero-order valence-corrected chi connectivity index (χ0v) is 14.1. The average Bonchev–Trinajstić information content (AvgIpc) is 2.40. The number of hydrogen-bond donors (Lipinski definition) is 1. The molecule has 0 aliphatic heterocycles. The molecule has 1 N–H and O–H groups in total. The SMILES string of the molecule is CCCCCCCS(=O)(=O)c1cc(Cl)cc(C(=O)O)c1Cl. The Hall–Kier alpha value is -0.780. The molecule has 4 nitrogen and oxygen atoms in total. The maximum atomic E-state index is 12.3. The number of halogens is 2. The predicted octanol–water partition coefficient (Wildman–Crippen LogP) is 4.44. The van der Waals surface area contributed by atoms with E-state index in [0.29, 0.717) is 6.42 Å². The number of benzene rings is 1. The van der Waals surface area contributed by atoms with Gasteiger partial charge in [0.15, 0.2) is 9.84 Å². The minimum Gasteiger partial charge on any atom is -0.478 e. The van der Waals surface area contributed by atoms with Crippen LogP contribution in [0.2, 0.25) is 10.0 Å². The van der Waals surface area contributed by atoms with Crippen LogP contribution in [0, 0.1) is 0 Å². The lowest BCUT2D eigenvalue weighted by atomic mass is 10.2. The molecule has 0 radical (unpaired) electrons. The van der Waals surface area contributed by atoms with Gasteiger partial charge in [0.25, 0.3) is 0 Å². The van der Waals surface area contributed by atoms with Crippen LogP contribution in [0.5, 0.6) is 0 Å². The molecule has 0 saturated heterocycles. The Bertz CT molecular complexity index is 612. The van der Waals surface area contributed by atoms with Crippen LogP contribution in [0.15, 0.2) is 17.0 Å². The smallest absolute Gasteiger partial charge is 0.337 e. The van der Waals surface area contributed by atoms with E-state index in [1.165, 1.54) is 6.07 Å². The van der Waals surface area contributed by atoms with Gasteiger partial charge in [-0.3, -0.25) is 0 Å². The van der Waals surface area contributed by atoms with Crippen molar-refractivity contribution >= 4 is 39.0 Å². The van der Waals surface area contributed by atoms with E-state index in [1.54, 1.807) is 0 Å². The Morgan fingerprint density at radius 2 is 1.76 bits per heavy atom. The highest BCUT2D eigenvalue weighted by atomic mass is 35.5. The Balaban J connectivity index is 2.95. The molecule has 0 unspecified atom stereocenters. The monoisotopic (exact) mass is 352 g/mol. The van der Waals surface area contributed by atoms with Crippen LogP contribution in [0.1, 0.15) is 49.4 Å². The van der Waals surface area contributed by atoms with Gasteiger partial charge in [0.05, 0.1) is 21.2 Å². The van der Waals surface area contributed by atoms with Crippen LogP contribution in [0.3, 0.4) is 0 Å². The number of carbonyl (C=O) groups is 1. The van der Waals surface area contributed by atoms with Gasteiger partial charge >= 0.3 is 5.97 Å². The van der Waals surface area contributed by atoms with E-state index >= 15 is 0 Å². The summed E-state index contributed by atoms with van der Waals surface area (Å²) in [5, 5.41) is 8.78. The first-order valence-electron chi connectivity index (χ1n) is 6.74. The lowest BCUT2D eigenvalue weighted by Crippen LogP contribution is -2.10. The molecule has 21 heavy (non-hydrogen) atoms. The Morgan fingerprint density at radius 3 is 2.33 bits per heavy atom. The van der Waals surface area contributed by atoms with Gasteiger partial charge < -0.3 is 5.11 Å². The van der Waals surface area contributed by atoms with E-state index in [4.69, 9.17) is 28.3 Å². The first-order chi connectivity index (χ1) is 9.79. The summed E-state index contributed by atoms with van der Waals surface area (Å²) in [4.78, 5) is 10.8. The standard InChI is InChI=1S/C14H18Cl2O4S/c1-2-3-4-5-6-7-21(19,20)12-9-10(15)8-11(13(12)16)14(17)18/h8-9H,2-7H2,1H3,(H,17,18). The molecular formula is C14H18Cl2O4S. The van der Waals surface area contributed by atoms with Gasteiger partial charge in [-0.25, -0.2) is 13.2 Å². The molecular weight excluding hydrogens is 335 g/mol. The number of unbranched alkanes of at least 4 members (excludes halogenated alkanes) is 4. The summed E-state index contributed by atoms with van der Waals surface area (Å²) >= 11 is 11.7. The summed E-state index contributed by atoms with van der Waals surface area (Å²) in [5.41, 5.74) is -0.297. The molecule has 0 aromatic heterocycles. The second kappa shape index (κ2) is 8.01. The Labute approximate surface area is 135 Å². The quantitative estimate of drug-likeness (QED) is 0.702. The fraction of sp³-hybridized carbons (Fsp3) is 0.500. The number of carboxylic acid groups (broad SMARTS) is 1. The van der Waals surface area contributed by atoms with E-state index < -0.39 is 15.8 Å². The first kappa shape index (κ1) is 18.3. The van der Waals surface area contributed by atoms with Crippen molar-refractivity contribution in [3.63, 3.8) is 0 Å². The van der Waals surface area contributed by atoms with Crippen molar-refractivity contribution in [3.05, 3.63) is 27.7 Å². The van der Waals surface area contributed by atoms with Gasteiger partial charge in [-0.1, -0.05) is 55.8 Å². The number of aromatic carboxylic acids is 1. The molecule has 0 amide bonds. The fourth-order valence-corrected chi connectivity index (χ4v) is 4.27. The molecule has 0 atom stereocenters. The van der Waals surface area contributed by atoms with Crippen molar-refractivity contribution in [1.29, 1.82) is 0 Å². The van der Waals surface area contributed by atoms with Crippen molar-refractivity contribution in [2.24, 2.45) is 0 Å². The van der Waals surface area contributed by atoms with E-state index in [1.807, 2.05) is 0 Å². The molecule has 0 spiro atoms. The summed E-state index contributed by atoms with van der Waals surface area (Å²) in [5.74, 6) is -1.36. The first-order valence-corrected chi connectivity index (χ1v) is 9.15. The molecule has 1 aromatic carbocycles. The molecule has 0 aliphatic rings. The highest BCUT2D eigenvalue weighted by molar-refractivity contribution is 7.91. The molecule has 0 saturated carbocycles. The van der Waals surface area contributed by atoms with Crippen LogP contribution in [-0.2, 0) is 9.84 Å². The number of sulfone groups is 1. The van der Waals surface area contributed by atoms with Gasteiger partial charge in [0.1, 0.15) is 0 Å². The van der Waals surface area contributed by atoms with Gasteiger partial charge in [-0.2, -0.15) is 0 Å². The van der Waals surface area contributed by atoms with Gasteiger partial charge in [0.2, 0.25) is 0 Å². The van der Waals surface area contributed by atoms with Gasteiger partial charge in [0, 0.05) is 5.02 Å². The van der Waals surface area contributed by atoms with Crippen LogP contribution in [0.25, 0.3) is 0 Å². The van der Waals surface area contributed by atoms with E-state index in [-0.39, 0.29) is 26.3 Å². The summed E-state index contributed by atoms with van der Waals surface area (Å²) in [6.45, 7) is 2.08. The molecule has 118 valence electrons. The minimum atomic E-state index is -3.64. The van der Waals surface area contributed by atoms with Crippen molar-refractivity contribution in [1.82, 2.24) is 0 Å².